The number of anilines is 4. The molecule has 0 aromatic heterocycles. The largest absolute Gasteiger partial charge is 0.382 e. The van der Waals surface area contributed by atoms with Gasteiger partial charge in [0.1, 0.15) is 0 Å². The van der Waals surface area contributed by atoms with Gasteiger partial charge >= 0.3 is 0 Å². The minimum absolute atomic E-state index is 0.561. The van der Waals surface area contributed by atoms with Gasteiger partial charge in [0.25, 0.3) is 0 Å². The third-order valence-electron chi connectivity index (χ3n) is 8.75. The zero-order chi connectivity index (χ0) is 32.4. The van der Waals surface area contributed by atoms with Crippen LogP contribution in [0.15, 0.2) is 97.1 Å². The number of benzene rings is 6. The fourth-order valence-electron chi connectivity index (χ4n) is 6.39. The highest BCUT2D eigenvalue weighted by Gasteiger charge is 2.08. The molecular weight excluding hydrogens is 600 g/mol. The third kappa shape index (κ3) is 7.75. The lowest BCUT2D eigenvalue weighted by Crippen LogP contribution is -2.15. The second-order valence-corrected chi connectivity index (χ2v) is 12.0. The maximum atomic E-state index is 5.87. The van der Waals surface area contributed by atoms with Crippen molar-refractivity contribution in [2.75, 3.05) is 100 Å². The first-order valence-corrected chi connectivity index (χ1v) is 17.0. The first kappa shape index (κ1) is 32.0. The zero-order valence-electron chi connectivity index (χ0n) is 27.4. The Kier molecular flexibility index (Phi) is 10.7. The average molecular weight is 645 g/mol. The van der Waals surface area contributed by atoms with Crippen molar-refractivity contribution < 1.29 is 18.9 Å². The fourth-order valence-corrected chi connectivity index (χ4v) is 6.39. The van der Waals surface area contributed by atoms with Gasteiger partial charge < -0.3 is 40.2 Å². The van der Waals surface area contributed by atoms with Crippen LogP contribution < -0.4 is 21.3 Å². The van der Waals surface area contributed by atoms with Crippen LogP contribution in [0.25, 0.3) is 43.1 Å². The molecule has 6 aromatic rings. The summed E-state index contributed by atoms with van der Waals surface area (Å²) in [5.74, 6) is 0. The summed E-state index contributed by atoms with van der Waals surface area (Å²) < 4.78 is 23.5. The molecule has 4 N–H and O–H groups in total. The van der Waals surface area contributed by atoms with Gasteiger partial charge in [0.15, 0.2) is 0 Å². The summed E-state index contributed by atoms with van der Waals surface area (Å²) in [7, 11) is 0. The highest BCUT2D eigenvalue weighted by molar-refractivity contribution is 6.08. The predicted molar refractivity (Wildman–Crippen MR) is 200 cm³/mol. The molecule has 12 bridgehead atoms. The van der Waals surface area contributed by atoms with Crippen LogP contribution in [-0.2, 0) is 18.9 Å². The molecule has 0 saturated heterocycles. The van der Waals surface area contributed by atoms with E-state index >= 15 is 0 Å². The first-order chi connectivity index (χ1) is 23.8. The van der Waals surface area contributed by atoms with E-state index < -0.39 is 0 Å². The molecule has 4 aliphatic heterocycles. The predicted octanol–water partition coefficient (Wildman–Crippen LogP) is 7.73. The van der Waals surface area contributed by atoms with Crippen LogP contribution in [0.4, 0.5) is 22.7 Å². The summed E-state index contributed by atoms with van der Waals surface area (Å²) in [6, 6.07) is 34.7. The highest BCUT2D eigenvalue weighted by atomic mass is 16.5. The lowest BCUT2D eigenvalue weighted by Gasteiger charge is -2.15. The van der Waals surface area contributed by atoms with Gasteiger partial charge in [-0.3, -0.25) is 0 Å². The molecular formula is C40H44N4O4. The van der Waals surface area contributed by atoms with Crippen LogP contribution in [0.1, 0.15) is 0 Å². The molecule has 0 saturated carbocycles. The van der Waals surface area contributed by atoms with Gasteiger partial charge in [-0.2, -0.15) is 0 Å². The summed E-state index contributed by atoms with van der Waals surface area (Å²) in [4.78, 5) is 0. The lowest BCUT2D eigenvalue weighted by atomic mass is 10.0. The minimum Gasteiger partial charge on any atom is -0.382 e. The summed E-state index contributed by atoms with van der Waals surface area (Å²) in [5.41, 5.74) is 4.44. The highest BCUT2D eigenvalue weighted by Crippen LogP contribution is 2.33. The Hall–Kier alpha value is -4.60. The van der Waals surface area contributed by atoms with Crippen LogP contribution in [0.3, 0.4) is 0 Å². The van der Waals surface area contributed by atoms with Crippen LogP contribution in [0.5, 0.6) is 0 Å². The van der Waals surface area contributed by atoms with Gasteiger partial charge in [-0.15, -0.1) is 0 Å². The first-order valence-electron chi connectivity index (χ1n) is 17.0. The second kappa shape index (κ2) is 16.0. The molecule has 4 aliphatic rings. The van der Waals surface area contributed by atoms with Crippen LogP contribution >= 0.6 is 0 Å². The Morgan fingerprint density at radius 3 is 0.812 bits per heavy atom. The topological polar surface area (TPSA) is 85.0 Å². The summed E-state index contributed by atoms with van der Waals surface area (Å²) >= 11 is 0. The molecule has 6 aromatic carbocycles. The maximum absolute atomic E-state index is 5.87. The molecule has 0 amide bonds. The standard InChI is InChI=1S/C40H44N4O4/c1-5-29-25-34-30-6-2-10-38(34)42-14-18-46-23-24-48-20-16-44-40-12-4-8-32-27-35-31(28-36(32)40)7-3-11-39(35)43-15-19-47-22-21-45-17-13-41-37(9-1)33(29)26-30/h1-12,25-28,41-44H,13-24H2. The molecule has 0 spiro atoms. The van der Waals surface area contributed by atoms with E-state index in [0.717, 1.165) is 48.9 Å². The van der Waals surface area contributed by atoms with Crippen molar-refractivity contribution in [1.82, 2.24) is 0 Å². The van der Waals surface area contributed by atoms with Gasteiger partial charge in [-0.25, -0.2) is 0 Å². The van der Waals surface area contributed by atoms with Crippen molar-refractivity contribution >= 4 is 65.8 Å². The lowest BCUT2D eigenvalue weighted by molar-refractivity contribution is 0.0557. The minimum atomic E-state index is 0.561. The smallest absolute Gasteiger partial charge is 0.0701 e. The van der Waals surface area contributed by atoms with E-state index in [1.165, 1.54) is 43.1 Å². The Bertz CT molecular complexity index is 1700. The van der Waals surface area contributed by atoms with E-state index in [4.69, 9.17) is 18.9 Å². The monoisotopic (exact) mass is 644 g/mol. The molecule has 0 aliphatic carbocycles. The molecule has 8 heteroatoms. The number of rotatable bonds is 0. The van der Waals surface area contributed by atoms with E-state index in [2.05, 4.69) is 118 Å². The van der Waals surface area contributed by atoms with Gasteiger partial charge in [0.05, 0.1) is 52.9 Å². The normalized spacial score (nSPS) is 16.5. The quantitative estimate of drug-likeness (QED) is 0.125. The molecule has 4 heterocycles. The second-order valence-electron chi connectivity index (χ2n) is 12.0. The Morgan fingerprint density at radius 1 is 0.312 bits per heavy atom. The SMILES string of the molecule is c1cc2c3cc4cccc(c4cc3c1)NCCOCCOCCNc1cccc3cc4c(cccc4cc13)NCCOCCOCCN2. The van der Waals surface area contributed by atoms with E-state index in [1.807, 2.05) is 0 Å². The van der Waals surface area contributed by atoms with E-state index in [9.17, 15) is 0 Å². The number of hydrogen-bond donors (Lipinski definition) is 4. The third-order valence-corrected chi connectivity index (χ3v) is 8.75. The van der Waals surface area contributed by atoms with Gasteiger partial charge in [0, 0.05) is 70.5 Å². The van der Waals surface area contributed by atoms with Crippen molar-refractivity contribution in [3.63, 3.8) is 0 Å². The number of ether oxygens (including phenoxy) is 4. The van der Waals surface area contributed by atoms with Crippen LogP contribution in [0, 0.1) is 0 Å². The number of hydrogen-bond acceptors (Lipinski definition) is 8. The van der Waals surface area contributed by atoms with Gasteiger partial charge in [-0.1, -0.05) is 48.5 Å². The zero-order valence-corrected chi connectivity index (χ0v) is 27.4. The average Bonchev–Trinajstić information content (AvgIpc) is 3.11. The van der Waals surface area contributed by atoms with Crippen LogP contribution in [0.2, 0.25) is 0 Å². The Morgan fingerprint density at radius 2 is 0.562 bits per heavy atom. The molecule has 10 rings (SSSR count). The maximum Gasteiger partial charge on any atom is 0.0701 e. The van der Waals surface area contributed by atoms with Crippen LogP contribution in [-0.4, -0.2) is 79.0 Å². The molecule has 8 nitrogen and oxygen atoms in total. The van der Waals surface area contributed by atoms with E-state index in [0.29, 0.717) is 52.9 Å². The molecule has 0 fully saturated rings. The fraction of sp³-hybridized carbons (Fsp3) is 0.300. The van der Waals surface area contributed by atoms with E-state index in [1.54, 1.807) is 0 Å². The molecule has 0 atom stereocenters. The molecule has 248 valence electrons. The molecule has 0 radical (unpaired) electrons. The Labute approximate surface area is 281 Å². The summed E-state index contributed by atoms with van der Waals surface area (Å²) in [6.07, 6.45) is 0. The molecule has 48 heavy (non-hydrogen) atoms. The molecule has 0 unspecified atom stereocenters. The van der Waals surface area contributed by atoms with Crippen molar-refractivity contribution in [2.45, 2.75) is 0 Å². The number of nitrogens with one attached hydrogen (secondary N) is 4. The Balaban J connectivity index is 1.01. The summed E-state index contributed by atoms with van der Waals surface area (Å²) in [6.45, 7) is 7.55. The van der Waals surface area contributed by atoms with Gasteiger partial charge in [-0.05, 0) is 70.1 Å². The van der Waals surface area contributed by atoms with Crippen molar-refractivity contribution in [2.24, 2.45) is 0 Å². The summed E-state index contributed by atoms with van der Waals surface area (Å²) in [5, 5.41) is 23.9. The van der Waals surface area contributed by atoms with Crippen molar-refractivity contribution in [3.8, 4) is 0 Å². The van der Waals surface area contributed by atoms with Crippen molar-refractivity contribution in [3.05, 3.63) is 97.1 Å². The van der Waals surface area contributed by atoms with E-state index in [-0.39, 0.29) is 0 Å². The van der Waals surface area contributed by atoms with Gasteiger partial charge in [0.2, 0.25) is 0 Å². The van der Waals surface area contributed by atoms with Crippen molar-refractivity contribution in [1.29, 1.82) is 0 Å².